The number of rotatable bonds is 21. The van der Waals surface area contributed by atoms with Crippen LogP contribution in [0.2, 0.25) is 0 Å². The third kappa shape index (κ3) is 14.7. The molecule has 0 radical (unpaired) electrons. The maximum atomic E-state index is 11.7. The molecule has 0 aromatic carbocycles. The molecule has 180 valence electrons. The maximum absolute atomic E-state index is 11.7. The topological polar surface area (TPSA) is 94.2 Å². The lowest BCUT2D eigenvalue weighted by Gasteiger charge is -2.13. The molecule has 1 heterocycles. The van der Waals surface area contributed by atoms with E-state index in [-0.39, 0.29) is 17.7 Å². The average molecular weight is 451 g/mol. The molecule has 3 amide bonds. The second-order valence-corrected chi connectivity index (χ2v) is 7.32. The van der Waals surface area contributed by atoms with Crippen molar-refractivity contribution in [1.82, 2.24) is 10.2 Å². The minimum absolute atomic E-state index is 0.102. The Balaban J connectivity index is 1.75. The zero-order chi connectivity index (χ0) is 23.3. The molecule has 8 nitrogen and oxygen atoms in total. The normalized spacial score (nSPS) is 13.4. The van der Waals surface area contributed by atoms with Crippen LogP contribution in [-0.4, -0.2) is 75.4 Å². The lowest BCUT2D eigenvalue weighted by molar-refractivity contribution is -0.137. The van der Waals surface area contributed by atoms with Crippen LogP contribution in [0.3, 0.4) is 0 Å². The van der Waals surface area contributed by atoms with Gasteiger partial charge in [0, 0.05) is 44.9 Å². The summed E-state index contributed by atoms with van der Waals surface area (Å²) in [6.07, 6.45) is 14.4. The first-order valence-corrected chi connectivity index (χ1v) is 11.5. The molecular weight excluding hydrogens is 412 g/mol. The first kappa shape index (κ1) is 27.7. The van der Waals surface area contributed by atoms with Gasteiger partial charge in [0.25, 0.3) is 11.8 Å². The van der Waals surface area contributed by atoms with Crippen LogP contribution in [-0.2, 0) is 28.6 Å². The zero-order valence-electron chi connectivity index (χ0n) is 19.1. The second-order valence-electron chi connectivity index (χ2n) is 7.32. The Labute approximate surface area is 191 Å². The summed E-state index contributed by atoms with van der Waals surface area (Å²) in [6.45, 7) is 7.58. The lowest BCUT2D eigenvalue weighted by atomic mass is 10.1. The molecule has 0 fully saturated rings. The molecule has 0 aliphatic carbocycles. The van der Waals surface area contributed by atoms with E-state index in [0.29, 0.717) is 65.6 Å². The summed E-state index contributed by atoms with van der Waals surface area (Å²) in [5.41, 5.74) is 0. The Morgan fingerprint density at radius 1 is 0.875 bits per heavy atom. The fraction of sp³-hybridized carbons (Fsp3) is 0.625. The van der Waals surface area contributed by atoms with E-state index in [9.17, 15) is 14.4 Å². The van der Waals surface area contributed by atoms with E-state index in [1.165, 1.54) is 17.1 Å². The molecule has 0 spiro atoms. The molecule has 0 saturated heterocycles. The Hall–Kier alpha value is -2.29. The highest BCUT2D eigenvalue weighted by molar-refractivity contribution is 6.12. The van der Waals surface area contributed by atoms with Crippen LogP contribution in [0, 0.1) is 0 Å². The third-order valence-electron chi connectivity index (χ3n) is 4.65. The molecule has 0 saturated carbocycles. The van der Waals surface area contributed by atoms with Gasteiger partial charge in [-0.25, -0.2) is 0 Å². The number of unbranched alkanes of at least 4 members (excludes halogenated alkanes) is 3. The van der Waals surface area contributed by atoms with Crippen molar-refractivity contribution >= 4 is 17.7 Å². The van der Waals surface area contributed by atoms with Crippen LogP contribution in [0.25, 0.3) is 0 Å². The molecule has 0 unspecified atom stereocenters. The third-order valence-corrected chi connectivity index (χ3v) is 4.65. The predicted octanol–water partition coefficient (Wildman–Crippen LogP) is 2.55. The van der Waals surface area contributed by atoms with Crippen LogP contribution in [0.4, 0.5) is 0 Å². The largest absolute Gasteiger partial charge is 0.379 e. The van der Waals surface area contributed by atoms with Gasteiger partial charge in [0.15, 0.2) is 0 Å². The molecule has 1 N–H and O–H groups in total. The highest BCUT2D eigenvalue weighted by Crippen LogP contribution is 2.04. The smallest absolute Gasteiger partial charge is 0.253 e. The Morgan fingerprint density at radius 3 is 2.16 bits per heavy atom. The van der Waals surface area contributed by atoms with Crippen molar-refractivity contribution in [3.05, 3.63) is 37.0 Å². The van der Waals surface area contributed by atoms with Gasteiger partial charge in [0.2, 0.25) is 5.91 Å². The summed E-state index contributed by atoms with van der Waals surface area (Å²) in [4.78, 5) is 35.7. The number of nitrogens with zero attached hydrogens (tertiary/aromatic N) is 1. The lowest BCUT2D eigenvalue weighted by Crippen LogP contribution is -2.31. The van der Waals surface area contributed by atoms with Gasteiger partial charge in [0.1, 0.15) is 0 Å². The standard InChI is InChI=1S/C24H38N2O6/c1-2-3-4-5-6-7-8-11-22(27)25-14-9-16-30-18-20-32-21-19-31-17-10-15-26-23(28)12-13-24(26)29/h2-4,12-13H,1,5-11,14-21H2,(H,25,27)/b4-3+. The average Bonchev–Trinajstić information content (AvgIpc) is 3.10. The monoisotopic (exact) mass is 450 g/mol. The summed E-state index contributed by atoms with van der Waals surface area (Å²) in [5, 5.41) is 2.91. The summed E-state index contributed by atoms with van der Waals surface area (Å²) in [5.74, 6) is -0.426. The number of amides is 3. The molecule has 1 aliphatic rings. The second kappa shape index (κ2) is 19.4. The van der Waals surface area contributed by atoms with Crippen molar-refractivity contribution in [2.75, 3.05) is 52.7 Å². The van der Waals surface area contributed by atoms with E-state index in [1.54, 1.807) is 6.08 Å². The van der Waals surface area contributed by atoms with Gasteiger partial charge < -0.3 is 19.5 Å². The molecule has 0 aromatic heterocycles. The van der Waals surface area contributed by atoms with Gasteiger partial charge in [-0.05, 0) is 32.1 Å². The molecule has 32 heavy (non-hydrogen) atoms. The Bertz CT molecular complexity index is 600. The van der Waals surface area contributed by atoms with Gasteiger partial charge >= 0.3 is 0 Å². The van der Waals surface area contributed by atoms with Crippen molar-refractivity contribution in [2.45, 2.75) is 44.9 Å². The SMILES string of the molecule is C=C/C=C/CCCCCC(=O)NCCCOCCOCCOCCCN1C(=O)C=CC1=O. The van der Waals surface area contributed by atoms with E-state index in [2.05, 4.69) is 18.0 Å². The van der Waals surface area contributed by atoms with Gasteiger partial charge in [-0.1, -0.05) is 31.2 Å². The quantitative estimate of drug-likeness (QED) is 0.164. The van der Waals surface area contributed by atoms with Crippen LogP contribution >= 0.6 is 0 Å². The molecule has 0 aromatic rings. The molecule has 1 rings (SSSR count). The van der Waals surface area contributed by atoms with E-state index in [1.807, 2.05) is 6.08 Å². The Kier molecular flexibility index (Phi) is 16.8. The number of imide groups is 1. The number of allylic oxidation sites excluding steroid dienone is 3. The van der Waals surface area contributed by atoms with E-state index < -0.39 is 0 Å². The van der Waals surface area contributed by atoms with E-state index >= 15 is 0 Å². The summed E-state index contributed by atoms with van der Waals surface area (Å²) < 4.78 is 16.3. The number of carbonyl (C=O) groups excluding carboxylic acids is 3. The van der Waals surface area contributed by atoms with E-state index in [4.69, 9.17) is 14.2 Å². The highest BCUT2D eigenvalue weighted by Gasteiger charge is 2.22. The predicted molar refractivity (Wildman–Crippen MR) is 123 cm³/mol. The minimum atomic E-state index is -0.264. The van der Waals surface area contributed by atoms with Crippen molar-refractivity contribution in [3.8, 4) is 0 Å². The Morgan fingerprint density at radius 2 is 1.50 bits per heavy atom. The number of nitrogens with one attached hydrogen (secondary N) is 1. The zero-order valence-corrected chi connectivity index (χ0v) is 19.1. The summed E-state index contributed by atoms with van der Waals surface area (Å²) in [7, 11) is 0. The van der Waals surface area contributed by atoms with E-state index in [0.717, 1.165) is 32.1 Å². The van der Waals surface area contributed by atoms with Crippen molar-refractivity contribution in [1.29, 1.82) is 0 Å². The number of hydrogen-bond acceptors (Lipinski definition) is 6. The van der Waals surface area contributed by atoms with Crippen LogP contribution in [0.5, 0.6) is 0 Å². The van der Waals surface area contributed by atoms with Crippen molar-refractivity contribution < 1.29 is 28.6 Å². The molecule has 1 aliphatic heterocycles. The van der Waals surface area contributed by atoms with Crippen LogP contribution < -0.4 is 5.32 Å². The summed E-state index contributed by atoms with van der Waals surface area (Å²) in [6, 6.07) is 0. The molecule has 8 heteroatoms. The number of hydrogen-bond donors (Lipinski definition) is 1. The van der Waals surface area contributed by atoms with Crippen LogP contribution in [0.1, 0.15) is 44.9 Å². The van der Waals surface area contributed by atoms with Gasteiger partial charge in [-0.15, -0.1) is 0 Å². The maximum Gasteiger partial charge on any atom is 0.253 e. The van der Waals surface area contributed by atoms with Gasteiger partial charge in [0.05, 0.1) is 26.4 Å². The van der Waals surface area contributed by atoms with Crippen LogP contribution in [0.15, 0.2) is 37.0 Å². The molecular formula is C24H38N2O6. The summed E-state index contributed by atoms with van der Waals surface area (Å²) >= 11 is 0. The molecule has 0 bridgehead atoms. The molecule has 0 atom stereocenters. The van der Waals surface area contributed by atoms with Gasteiger partial charge in [-0.2, -0.15) is 0 Å². The van der Waals surface area contributed by atoms with Gasteiger partial charge in [-0.3, -0.25) is 19.3 Å². The fourth-order valence-corrected chi connectivity index (χ4v) is 2.93. The number of carbonyl (C=O) groups is 3. The fourth-order valence-electron chi connectivity index (χ4n) is 2.93. The minimum Gasteiger partial charge on any atom is -0.379 e. The first-order chi connectivity index (χ1) is 15.6. The van der Waals surface area contributed by atoms with Crippen molar-refractivity contribution in [3.63, 3.8) is 0 Å². The number of ether oxygens (including phenoxy) is 3. The van der Waals surface area contributed by atoms with Crippen molar-refractivity contribution in [2.24, 2.45) is 0 Å². The first-order valence-electron chi connectivity index (χ1n) is 11.5. The highest BCUT2D eigenvalue weighted by atomic mass is 16.5.